The van der Waals surface area contributed by atoms with Crippen molar-refractivity contribution in [2.75, 3.05) is 5.73 Å². The van der Waals surface area contributed by atoms with Crippen molar-refractivity contribution in [2.24, 2.45) is 0 Å². The summed E-state index contributed by atoms with van der Waals surface area (Å²) >= 11 is 0. The van der Waals surface area contributed by atoms with Crippen LogP contribution in [0.3, 0.4) is 0 Å². The van der Waals surface area contributed by atoms with E-state index in [4.69, 9.17) is 5.73 Å². The van der Waals surface area contributed by atoms with Crippen LogP contribution < -0.4 is 11.1 Å². The number of benzene rings is 1. The molecule has 0 aliphatic carbocycles. The minimum atomic E-state index is -0.639. The van der Waals surface area contributed by atoms with Gasteiger partial charge in [0.1, 0.15) is 0 Å². The lowest BCUT2D eigenvalue weighted by atomic mass is 10.1. The molecule has 0 fully saturated rings. The summed E-state index contributed by atoms with van der Waals surface area (Å²) in [5, 5.41) is 2.72. The van der Waals surface area contributed by atoms with Crippen LogP contribution in [0.1, 0.15) is 28.9 Å². The number of pyridine rings is 1. The van der Waals surface area contributed by atoms with E-state index < -0.39 is 11.7 Å². The van der Waals surface area contributed by atoms with Crippen molar-refractivity contribution in [3.63, 3.8) is 0 Å². The van der Waals surface area contributed by atoms with Crippen LogP contribution in [0.25, 0.3) is 0 Å². The fourth-order valence-electron chi connectivity index (χ4n) is 1.75. The van der Waals surface area contributed by atoms with Gasteiger partial charge in [0.25, 0.3) is 5.91 Å². The van der Waals surface area contributed by atoms with Crippen LogP contribution in [0.5, 0.6) is 0 Å². The number of halogens is 1. The van der Waals surface area contributed by atoms with E-state index in [1.165, 1.54) is 12.3 Å². The third-order valence-electron chi connectivity index (χ3n) is 2.78. The lowest BCUT2D eigenvalue weighted by molar-refractivity contribution is 0.0935. The van der Waals surface area contributed by atoms with Gasteiger partial charge in [-0.1, -0.05) is 12.1 Å². The van der Waals surface area contributed by atoms with Gasteiger partial charge in [-0.05, 0) is 30.7 Å². The number of nitrogens with two attached hydrogens (primary N) is 1. The van der Waals surface area contributed by atoms with Crippen molar-refractivity contribution in [3.8, 4) is 0 Å². The molecule has 1 heterocycles. The Kier molecular flexibility index (Phi) is 3.75. The first-order valence-electron chi connectivity index (χ1n) is 5.83. The quantitative estimate of drug-likeness (QED) is 0.831. The molecule has 0 bridgehead atoms. The van der Waals surface area contributed by atoms with E-state index >= 15 is 0 Å². The number of carbonyl (C=O) groups is 1. The molecule has 4 nitrogen and oxygen atoms in total. The first kappa shape index (κ1) is 13.0. The number of aromatic nitrogens is 1. The molecule has 3 N–H and O–H groups in total. The zero-order chi connectivity index (χ0) is 13.8. The second kappa shape index (κ2) is 5.48. The number of hydrogen-bond donors (Lipinski definition) is 2. The van der Waals surface area contributed by atoms with E-state index in [9.17, 15) is 9.18 Å². The molecule has 0 saturated heterocycles. The molecule has 0 aliphatic heterocycles. The van der Waals surface area contributed by atoms with Gasteiger partial charge in [0.2, 0.25) is 0 Å². The molecule has 19 heavy (non-hydrogen) atoms. The molecule has 1 aromatic carbocycles. The molecule has 1 unspecified atom stereocenters. The van der Waals surface area contributed by atoms with Gasteiger partial charge in [0, 0.05) is 11.9 Å². The predicted molar refractivity (Wildman–Crippen MR) is 70.9 cm³/mol. The first-order chi connectivity index (χ1) is 9.08. The topological polar surface area (TPSA) is 68.0 Å². The first-order valence-corrected chi connectivity index (χ1v) is 5.83. The van der Waals surface area contributed by atoms with E-state index in [-0.39, 0.29) is 11.6 Å². The van der Waals surface area contributed by atoms with Crippen LogP contribution in [0.15, 0.2) is 42.7 Å². The Morgan fingerprint density at radius 1 is 1.42 bits per heavy atom. The Morgan fingerprint density at radius 2 is 2.21 bits per heavy atom. The molecule has 0 saturated carbocycles. The van der Waals surface area contributed by atoms with Gasteiger partial charge in [0.05, 0.1) is 17.8 Å². The number of amides is 1. The summed E-state index contributed by atoms with van der Waals surface area (Å²) in [6, 6.07) is 8.28. The summed E-state index contributed by atoms with van der Waals surface area (Å²) < 4.78 is 13.4. The highest BCUT2D eigenvalue weighted by Crippen LogP contribution is 2.16. The third-order valence-corrected chi connectivity index (χ3v) is 2.78. The molecule has 1 amide bonds. The van der Waals surface area contributed by atoms with Crippen molar-refractivity contribution < 1.29 is 9.18 Å². The van der Waals surface area contributed by atoms with E-state index in [2.05, 4.69) is 10.3 Å². The van der Waals surface area contributed by atoms with Crippen molar-refractivity contribution >= 4 is 11.6 Å². The van der Waals surface area contributed by atoms with Gasteiger partial charge in [-0.2, -0.15) is 0 Å². The second-order valence-corrected chi connectivity index (χ2v) is 4.22. The van der Waals surface area contributed by atoms with Crippen molar-refractivity contribution in [3.05, 3.63) is 59.7 Å². The molecule has 2 aromatic rings. The minimum absolute atomic E-state index is 0.0225. The third kappa shape index (κ3) is 3.07. The Labute approximate surface area is 110 Å². The molecule has 0 radical (unpaired) electrons. The fraction of sp³-hybridized carbons (Fsp3) is 0.143. The smallest absolute Gasteiger partial charge is 0.254 e. The summed E-state index contributed by atoms with van der Waals surface area (Å²) in [6.45, 7) is 1.81. The van der Waals surface area contributed by atoms with Crippen LogP contribution in [0, 0.1) is 5.82 Å². The fourth-order valence-corrected chi connectivity index (χ4v) is 1.75. The normalized spacial score (nSPS) is 11.9. The predicted octanol–water partition coefficient (Wildman–Crippen LogP) is 2.29. The number of carbonyl (C=O) groups excluding carboxylic acids is 1. The Hall–Kier alpha value is -2.43. The maximum atomic E-state index is 13.4. The van der Waals surface area contributed by atoms with E-state index in [0.717, 1.165) is 11.8 Å². The SMILES string of the molecule is CC(NC(=O)c1ccncc1F)c1cccc(N)c1. The average molecular weight is 259 g/mol. The van der Waals surface area contributed by atoms with Crippen LogP contribution in [-0.2, 0) is 0 Å². The van der Waals surface area contributed by atoms with Crippen LogP contribution >= 0.6 is 0 Å². The monoisotopic (exact) mass is 259 g/mol. The van der Waals surface area contributed by atoms with Crippen molar-refractivity contribution in [1.29, 1.82) is 0 Å². The van der Waals surface area contributed by atoms with Gasteiger partial charge in [0.15, 0.2) is 5.82 Å². The number of anilines is 1. The second-order valence-electron chi connectivity index (χ2n) is 4.22. The Balaban J connectivity index is 2.13. The molecular formula is C14H14FN3O. The summed E-state index contributed by atoms with van der Waals surface area (Å²) in [5.41, 5.74) is 7.14. The summed E-state index contributed by atoms with van der Waals surface area (Å²) in [5.74, 6) is -1.12. The highest BCUT2D eigenvalue weighted by atomic mass is 19.1. The summed E-state index contributed by atoms with van der Waals surface area (Å²) in [6.07, 6.45) is 2.39. The zero-order valence-electron chi connectivity index (χ0n) is 10.4. The van der Waals surface area contributed by atoms with Gasteiger partial charge < -0.3 is 11.1 Å². The van der Waals surface area contributed by atoms with Crippen molar-refractivity contribution in [2.45, 2.75) is 13.0 Å². The van der Waals surface area contributed by atoms with Crippen LogP contribution in [0.4, 0.5) is 10.1 Å². The summed E-state index contributed by atoms with van der Waals surface area (Å²) in [7, 11) is 0. The molecule has 0 spiro atoms. The van der Waals surface area contributed by atoms with Gasteiger partial charge >= 0.3 is 0 Å². The van der Waals surface area contributed by atoms with Gasteiger partial charge in [-0.25, -0.2) is 4.39 Å². The molecular weight excluding hydrogens is 245 g/mol. The molecule has 98 valence electrons. The number of nitrogen functional groups attached to an aromatic ring is 1. The average Bonchev–Trinajstić information content (AvgIpc) is 2.39. The molecule has 0 aliphatic rings. The minimum Gasteiger partial charge on any atom is -0.399 e. The van der Waals surface area contributed by atoms with Crippen LogP contribution in [-0.4, -0.2) is 10.9 Å². The number of hydrogen-bond acceptors (Lipinski definition) is 3. The lowest BCUT2D eigenvalue weighted by Gasteiger charge is -2.15. The van der Waals surface area contributed by atoms with E-state index in [0.29, 0.717) is 5.69 Å². The largest absolute Gasteiger partial charge is 0.399 e. The standard InChI is InChI=1S/C14H14FN3O/c1-9(10-3-2-4-11(16)7-10)18-14(19)12-5-6-17-8-13(12)15/h2-9H,16H2,1H3,(H,18,19). The highest BCUT2D eigenvalue weighted by molar-refractivity contribution is 5.94. The Bertz CT molecular complexity index is 601. The maximum Gasteiger partial charge on any atom is 0.254 e. The molecule has 1 atom stereocenters. The zero-order valence-corrected chi connectivity index (χ0v) is 10.4. The van der Waals surface area contributed by atoms with Gasteiger partial charge in [-0.3, -0.25) is 9.78 Å². The maximum absolute atomic E-state index is 13.4. The Morgan fingerprint density at radius 3 is 2.89 bits per heavy atom. The molecule has 5 heteroatoms. The number of nitrogens with zero attached hydrogens (tertiary/aromatic N) is 1. The van der Waals surface area contributed by atoms with Crippen molar-refractivity contribution in [1.82, 2.24) is 10.3 Å². The highest BCUT2D eigenvalue weighted by Gasteiger charge is 2.14. The number of nitrogens with one attached hydrogen (secondary N) is 1. The van der Waals surface area contributed by atoms with E-state index in [1.807, 2.05) is 13.0 Å². The molecule has 1 aromatic heterocycles. The van der Waals surface area contributed by atoms with E-state index in [1.54, 1.807) is 18.2 Å². The van der Waals surface area contributed by atoms with Crippen LogP contribution in [0.2, 0.25) is 0 Å². The molecule has 2 rings (SSSR count). The lowest BCUT2D eigenvalue weighted by Crippen LogP contribution is -2.27. The number of rotatable bonds is 3. The van der Waals surface area contributed by atoms with Gasteiger partial charge in [-0.15, -0.1) is 0 Å². The summed E-state index contributed by atoms with van der Waals surface area (Å²) in [4.78, 5) is 15.5.